The maximum absolute atomic E-state index is 6.05. The van der Waals surface area contributed by atoms with Crippen molar-refractivity contribution in [3.05, 3.63) is 21.9 Å². The first-order valence-corrected chi connectivity index (χ1v) is 8.16. The van der Waals surface area contributed by atoms with Crippen LogP contribution < -0.4 is 5.73 Å². The van der Waals surface area contributed by atoms with E-state index < -0.39 is 0 Å². The highest BCUT2D eigenvalue weighted by atomic mass is 32.1. The van der Waals surface area contributed by atoms with Gasteiger partial charge in [-0.2, -0.15) is 0 Å². The smallest absolute Gasteiger partial charge is 0.0564 e. The zero-order valence-corrected chi connectivity index (χ0v) is 13.2. The number of likely N-dealkylation sites (N-methyl/N-ethyl adjacent to an activating group) is 2. The van der Waals surface area contributed by atoms with E-state index in [-0.39, 0.29) is 0 Å². The van der Waals surface area contributed by atoms with Crippen LogP contribution in [0, 0.1) is 0 Å². The summed E-state index contributed by atoms with van der Waals surface area (Å²) in [6.45, 7) is 5.32. The topological polar surface area (TPSA) is 32.5 Å². The van der Waals surface area contributed by atoms with E-state index in [0.717, 1.165) is 6.42 Å². The molecule has 0 radical (unpaired) electrons. The average Bonchev–Trinajstić information content (AvgIpc) is 2.88. The van der Waals surface area contributed by atoms with Crippen LogP contribution in [0.1, 0.15) is 35.6 Å². The lowest BCUT2D eigenvalue weighted by Crippen LogP contribution is -2.47. The first kappa shape index (κ1) is 15.0. The summed E-state index contributed by atoms with van der Waals surface area (Å²) in [5.74, 6) is 0. The summed E-state index contributed by atoms with van der Waals surface area (Å²) in [5.41, 5.74) is 6.05. The highest BCUT2D eigenvalue weighted by Gasteiger charge is 2.27. The van der Waals surface area contributed by atoms with Crippen molar-refractivity contribution in [3.63, 3.8) is 0 Å². The van der Waals surface area contributed by atoms with Gasteiger partial charge in [0, 0.05) is 28.9 Å². The molecule has 1 aliphatic rings. The molecular formula is C15H27N3S. The molecule has 0 saturated carbocycles. The molecule has 1 aliphatic heterocycles. The highest BCUT2D eigenvalue weighted by Crippen LogP contribution is 2.29. The summed E-state index contributed by atoms with van der Waals surface area (Å²) in [5, 5.41) is 0. The Morgan fingerprint density at radius 1 is 1.53 bits per heavy atom. The van der Waals surface area contributed by atoms with Crippen molar-refractivity contribution in [1.82, 2.24) is 9.80 Å². The van der Waals surface area contributed by atoms with Crippen molar-refractivity contribution in [2.24, 2.45) is 5.73 Å². The molecule has 0 spiro atoms. The fourth-order valence-electron chi connectivity index (χ4n) is 2.97. The van der Waals surface area contributed by atoms with E-state index in [1.807, 2.05) is 11.3 Å². The first-order chi connectivity index (χ1) is 9.15. The molecule has 2 unspecified atom stereocenters. The van der Waals surface area contributed by atoms with Crippen molar-refractivity contribution in [1.29, 1.82) is 0 Å². The Morgan fingerprint density at radius 2 is 2.32 bits per heavy atom. The number of likely N-dealkylation sites (tertiary alicyclic amines) is 1. The SMILES string of the molecule is CCc1ccc(C(CN)N(C)C2CCCN(C)C2)s1. The molecule has 1 aromatic heterocycles. The molecule has 2 N–H and O–H groups in total. The number of rotatable bonds is 5. The van der Waals surface area contributed by atoms with E-state index in [4.69, 9.17) is 5.73 Å². The Hall–Kier alpha value is -0.420. The summed E-state index contributed by atoms with van der Waals surface area (Å²) in [6, 6.07) is 5.54. The fraction of sp³-hybridized carbons (Fsp3) is 0.733. The highest BCUT2D eigenvalue weighted by molar-refractivity contribution is 7.12. The normalized spacial score (nSPS) is 22.9. The van der Waals surface area contributed by atoms with Gasteiger partial charge in [0.25, 0.3) is 0 Å². The lowest BCUT2D eigenvalue weighted by atomic mass is 10.0. The largest absolute Gasteiger partial charge is 0.329 e. The Bertz CT molecular complexity index is 390. The third kappa shape index (κ3) is 3.57. The molecule has 0 amide bonds. The predicted molar refractivity (Wildman–Crippen MR) is 83.8 cm³/mol. The minimum Gasteiger partial charge on any atom is -0.329 e. The van der Waals surface area contributed by atoms with E-state index in [9.17, 15) is 0 Å². The lowest BCUT2D eigenvalue weighted by molar-refractivity contribution is 0.102. The molecule has 2 atom stereocenters. The number of nitrogens with two attached hydrogens (primary N) is 1. The first-order valence-electron chi connectivity index (χ1n) is 7.34. The zero-order valence-electron chi connectivity index (χ0n) is 12.4. The van der Waals surface area contributed by atoms with Gasteiger partial charge in [-0.15, -0.1) is 11.3 Å². The van der Waals surface area contributed by atoms with E-state index >= 15 is 0 Å². The molecule has 0 aromatic carbocycles. The fourth-order valence-corrected chi connectivity index (χ4v) is 4.09. The van der Waals surface area contributed by atoms with Crippen LogP contribution in [-0.4, -0.2) is 49.6 Å². The maximum atomic E-state index is 6.05. The number of hydrogen-bond acceptors (Lipinski definition) is 4. The van der Waals surface area contributed by atoms with Crippen LogP contribution in [0.25, 0.3) is 0 Å². The monoisotopic (exact) mass is 281 g/mol. The predicted octanol–water partition coefficient (Wildman–Crippen LogP) is 2.34. The number of nitrogens with zero attached hydrogens (tertiary/aromatic N) is 2. The number of thiophene rings is 1. The van der Waals surface area contributed by atoms with Crippen LogP contribution in [0.15, 0.2) is 12.1 Å². The van der Waals surface area contributed by atoms with Crippen molar-refractivity contribution in [2.45, 2.75) is 38.3 Å². The standard InChI is InChI=1S/C15H27N3S/c1-4-13-7-8-15(19-13)14(10-16)18(3)12-6-5-9-17(2)11-12/h7-8,12,14H,4-6,9-11,16H2,1-3H3. The van der Waals surface area contributed by atoms with Crippen molar-refractivity contribution in [3.8, 4) is 0 Å². The van der Waals surface area contributed by atoms with Gasteiger partial charge in [0.1, 0.15) is 0 Å². The van der Waals surface area contributed by atoms with Gasteiger partial charge in [0.2, 0.25) is 0 Å². The third-order valence-electron chi connectivity index (χ3n) is 4.25. The van der Waals surface area contributed by atoms with Crippen molar-refractivity contribution in [2.75, 3.05) is 33.7 Å². The quantitative estimate of drug-likeness (QED) is 0.899. The minimum absolute atomic E-state index is 0.377. The minimum atomic E-state index is 0.377. The molecule has 3 nitrogen and oxygen atoms in total. The maximum Gasteiger partial charge on any atom is 0.0564 e. The Balaban J connectivity index is 2.07. The van der Waals surface area contributed by atoms with E-state index in [1.165, 1.54) is 35.7 Å². The van der Waals surface area contributed by atoms with Crippen LogP contribution >= 0.6 is 11.3 Å². The second-order valence-corrected chi connectivity index (χ2v) is 6.83. The van der Waals surface area contributed by atoms with Gasteiger partial charge < -0.3 is 10.6 Å². The molecule has 1 saturated heterocycles. The molecule has 0 bridgehead atoms. The molecule has 1 aromatic rings. The van der Waals surface area contributed by atoms with Crippen molar-refractivity contribution < 1.29 is 0 Å². The summed E-state index contributed by atoms with van der Waals surface area (Å²) >= 11 is 1.92. The average molecular weight is 281 g/mol. The molecular weight excluding hydrogens is 254 g/mol. The summed E-state index contributed by atoms with van der Waals surface area (Å²) in [4.78, 5) is 7.82. The Labute approximate surface area is 121 Å². The molecule has 2 heterocycles. The van der Waals surface area contributed by atoms with Crippen LogP contribution in [-0.2, 0) is 6.42 Å². The molecule has 0 aliphatic carbocycles. The Kier molecular flexibility index (Phi) is 5.39. The lowest BCUT2D eigenvalue weighted by Gasteiger charge is -2.39. The van der Waals surface area contributed by atoms with Crippen LogP contribution in [0.2, 0.25) is 0 Å². The van der Waals surface area contributed by atoms with E-state index in [2.05, 4.69) is 43.0 Å². The number of aryl methyl sites for hydroxylation is 1. The number of piperidine rings is 1. The molecule has 19 heavy (non-hydrogen) atoms. The van der Waals surface area contributed by atoms with Gasteiger partial charge in [0.15, 0.2) is 0 Å². The molecule has 1 fully saturated rings. The summed E-state index contributed by atoms with van der Waals surface area (Å²) in [7, 11) is 4.46. The second kappa shape index (κ2) is 6.84. The van der Waals surface area contributed by atoms with Crippen LogP contribution in [0.4, 0.5) is 0 Å². The summed E-state index contributed by atoms with van der Waals surface area (Å²) < 4.78 is 0. The third-order valence-corrected chi connectivity index (χ3v) is 5.58. The van der Waals surface area contributed by atoms with Gasteiger partial charge in [-0.1, -0.05) is 6.92 Å². The molecule has 2 rings (SSSR count). The second-order valence-electron chi connectivity index (χ2n) is 5.63. The van der Waals surface area contributed by atoms with Gasteiger partial charge in [-0.05, 0) is 52.0 Å². The van der Waals surface area contributed by atoms with Crippen LogP contribution in [0.5, 0.6) is 0 Å². The van der Waals surface area contributed by atoms with Gasteiger partial charge >= 0.3 is 0 Å². The number of hydrogen-bond donors (Lipinski definition) is 1. The van der Waals surface area contributed by atoms with Crippen molar-refractivity contribution >= 4 is 11.3 Å². The van der Waals surface area contributed by atoms with E-state index in [0.29, 0.717) is 18.6 Å². The Morgan fingerprint density at radius 3 is 2.89 bits per heavy atom. The van der Waals surface area contributed by atoms with E-state index in [1.54, 1.807) is 0 Å². The molecule has 4 heteroatoms. The zero-order chi connectivity index (χ0) is 13.8. The van der Waals surface area contributed by atoms with Gasteiger partial charge in [0.05, 0.1) is 6.04 Å². The molecule has 108 valence electrons. The summed E-state index contributed by atoms with van der Waals surface area (Å²) in [6.07, 6.45) is 3.72. The van der Waals surface area contributed by atoms with Gasteiger partial charge in [-0.3, -0.25) is 4.90 Å². The van der Waals surface area contributed by atoms with Gasteiger partial charge in [-0.25, -0.2) is 0 Å². The van der Waals surface area contributed by atoms with Crippen LogP contribution in [0.3, 0.4) is 0 Å².